The van der Waals surface area contributed by atoms with Crippen LogP contribution in [0.4, 0.5) is 13.2 Å². The zero-order chi connectivity index (χ0) is 22.1. The number of aromatic hydroxyl groups is 1. The lowest BCUT2D eigenvalue weighted by molar-refractivity contribution is -0.137. The monoisotopic (exact) mass is 436 g/mol. The molecule has 0 saturated carbocycles. The van der Waals surface area contributed by atoms with Gasteiger partial charge in [-0.25, -0.2) is 0 Å². The summed E-state index contributed by atoms with van der Waals surface area (Å²) < 4.78 is 45.5. The number of nitrogens with zero attached hydrogens (tertiary/aromatic N) is 1. The average molecular weight is 437 g/mol. The van der Waals surface area contributed by atoms with Gasteiger partial charge in [0.2, 0.25) is 0 Å². The Morgan fingerprint density at radius 2 is 1.73 bits per heavy atom. The number of hydrogen-bond donors (Lipinski definition) is 3. The Labute approximate surface area is 174 Å². The van der Waals surface area contributed by atoms with E-state index >= 15 is 0 Å². The molecule has 0 aliphatic rings. The lowest BCUT2D eigenvalue weighted by atomic mass is 9.91. The van der Waals surface area contributed by atoms with Gasteiger partial charge in [-0.15, -0.1) is 0 Å². The number of phenols is 1. The van der Waals surface area contributed by atoms with E-state index in [1.807, 2.05) is 0 Å². The summed E-state index contributed by atoms with van der Waals surface area (Å²) in [5.41, 5.74) is 6.08. The molecule has 3 aromatic carbocycles. The lowest BCUT2D eigenvalue weighted by Gasteiger charge is -2.17. The minimum atomic E-state index is -4.57. The molecule has 0 atom stereocenters. The molecule has 156 valence electrons. The molecule has 0 bridgehead atoms. The predicted octanol–water partition coefficient (Wildman–Crippen LogP) is 5.50. The van der Waals surface area contributed by atoms with Crippen LogP contribution in [0.2, 0.25) is 5.02 Å². The van der Waals surface area contributed by atoms with Crippen molar-refractivity contribution in [1.82, 2.24) is 0 Å². The first-order valence-electron chi connectivity index (χ1n) is 8.52. The number of rotatable bonds is 4. The molecule has 4 N–H and O–H groups in total. The smallest absolute Gasteiger partial charge is 0.416 e. The molecule has 0 saturated heterocycles. The van der Waals surface area contributed by atoms with Crippen LogP contribution in [-0.2, 0) is 6.18 Å². The van der Waals surface area contributed by atoms with Gasteiger partial charge < -0.3 is 20.8 Å². The third-order valence-corrected chi connectivity index (χ3v) is 4.72. The second-order valence-electron chi connectivity index (χ2n) is 6.32. The van der Waals surface area contributed by atoms with Crippen LogP contribution in [0.1, 0.15) is 11.1 Å². The van der Waals surface area contributed by atoms with Gasteiger partial charge in [0.15, 0.2) is 5.84 Å². The molecule has 3 rings (SSSR count). The molecule has 3 aromatic rings. The molecule has 0 aliphatic carbocycles. The molecule has 0 unspecified atom stereocenters. The normalized spacial score (nSPS) is 12.1. The number of ether oxygens (including phenoxy) is 1. The van der Waals surface area contributed by atoms with E-state index in [0.717, 1.165) is 12.1 Å². The van der Waals surface area contributed by atoms with E-state index in [1.54, 1.807) is 18.2 Å². The van der Waals surface area contributed by atoms with Crippen molar-refractivity contribution in [2.24, 2.45) is 10.9 Å². The number of phenolic OH excluding ortho intramolecular Hbond substituents is 1. The summed E-state index contributed by atoms with van der Waals surface area (Å²) in [6, 6.07) is 12.1. The first-order chi connectivity index (χ1) is 14.2. The van der Waals surface area contributed by atoms with Crippen molar-refractivity contribution in [1.29, 1.82) is 0 Å². The van der Waals surface area contributed by atoms with E-state index in [1.165, 1.54) is 31.4 Å². The minimum absolute atomic E-state index is 0.0311. The Bertz CT molecular complexity index is 1130. The van der Waals surface area contributed by atoms with E-state index in [-0.39, 0.29) is 22.7 Å². The maximum absolute atomic E-state index is 13.4. The number of nitrogens with two attached hydrogens (primary N) is 1. The van der Waals surface area contributed by atoms with Crippen LogP contribution in [-0.4, -0.2) is 23.3 Å². The van der Waals surface area contributed by atoms with Crippen LogP contribution in [0, 0.1) is 0 Å². The quantitative estimate of drug-likeness (QED) is 0.218. The highest BCUT2D eigenvalue weighted by Crippen LogP contribution is 2.42. The van der Waals surface area contributed by atoms with Gasteiger partial charge >= 0.3 is 6.18 Å². The second kappa shape index (κ2) is 8.16. The maximum atomic E-state index is 13.4. The Morgan fingerprint density at radius 1 is 1.00 bits per heavy atom. The maximum Gasteiger partial charge on any atom is 0.416 e. The summed E-state index contributed by atoms with van der Waals surface area (Å²) in [5.74, 6) is -0.262. The minimum Gasteiger partial charge on any atom is -0.507 e. The van der Waals surface area contributed by atoms with Crippen LogP contribution in [0.5, 0.6) is 11.5 Å². The summed E-state index contributed by atoms with van der Waals surface area (Å²) in [4.78, 5) is 0. The van der Waals surface area contributed by atoms with Gasteiger partial charge in [-0.05, 0) is 59.2 Å². The molecule has 0 radical (unpaired) electrons. The van der Waals surface area contributed by atoms with Gasteiger partial charge in [-0.1, -0.05) is 28.9 Å². The molecular weight excluding hydrogens is 421 g/mol. The lowest BCUT2D eigenvalue weighted by Crippen LogP contribution is -2.13. The Kier molecular flexibility index (Phi) is 5.80. The fourth-order valence-electron chi connectivity index (χ4n) is 3.05. The Balaban J connectivity index is 2.34. The van der Waals surface area contributed by atoms with Gasteiger partial charge in [-0.3, -0.25) is 0 Å². The third-order valence-electron chi connectivity index (χ3n) is 4.49. The van der Waals surface area contributed by atoms with Crippen molar-refractivity contribution in [2.45, 2.75) is 6.18 Å². The molecule has 0 spiro atoms. The summed E-state index contributed by atoms with van der Waals surface area (Å²) in [5, 5.41) is 22.1. The van der Waals surface area contributed by atoms with Crippen LogP contribution in [0.3, 0.4) is 0 Å². The third kappa shape index (κ3) is 4.13. The number of oxime groups is 1. The fraction of sp³-hybridized carbons (Fsp3) is 0.0952. The summed E-state index contributed by atoms with van der Waals surface area (Å²) in [6.07, 6.45) is -4.57. The number of hydrogen-bond acceptors (Lipinski definition) is 4. The molecule has 0 heterocycles. The molecule has 9 heteroatoms. The zero-order valence-corrected chi connectivity index (χ0v) is 16.3. The number of benzene rings is 3. The van der Waals surface area contributed by atoms with Crippen LogP contribution < -0.4 is 10.5 Å². The average Bonchev–Trinajstić information content (AvgIpc) is 2.72. The zero-order valence-electron chi connectivity index (χ0n) is 15.5. The highest BCUT2D eigenvalue weighted by molar-refractivity contribution is 6.31. The fourth-order valence-corrected chi connectivity index (χ4v) is 3.22. The number of amidine groups is 1. The molecule has 0 fully saturated rings. The van der Waals surface area contributed by atoms with Crippen molar-refractivity contribution < 1.29 is 28.2 Å². The summed E-state index contributed by atoms with van der Waals surface area (Å²) in [7, 11) is 1.44. The highest BCUT2D eigenvalue weighted by atomic mass is 35.5. The molecule has 0 aliphatic heterocycles. The van der Waals surface area contributed by atoms with Crippen LogP contribution >= 0.6 is 11.6 Å². The Morgan fingerprint density at radius 3 is 2.37 bits per heavy atom. The van der Waals surface area contributed by atoms with Gasteiger partial charge in [0, 0.05) is 10.6 Å². The predicted molar refractivity (Wildman–Crippen MR) is 108 cm³/mol. The van der Waals surface area contributed by atoms with E-state index in [2.05, 4.69) is 5.16 Å². The van der Waals surface area contributed by atoms with Gasteiger partial charge in [0.05, 0.1) is 18.2 Å². The number of halogens is 4. The standard InChI is InChI=1S/C21H16ClF3N2O3/c1-30-19-7-4-13(22)10-16(19)14-5-3-12(21(23,24)25)9-15(14)11-2-6-18(28)17(8-11)20(26)27-29/h2-10,28-29H,1H3,(H2,26,27). The van der Waals surface area contributed by atoms with Crippen molar-refractivity contribution in [3.8, 4) is 33.8 Å². The first-order valence-corrected chi connectivity index (χ1v) is 8.90. The van der Waals surface area contributed by atoms with Crippen LogP contribution in [0.25, 0.3) is 22.3 Å². The number of alkyl halides is 3. The van der Waals surface area contributed by atoms with E-state index in [0.29, 0.717) is 27.5 Å². The molecular formula is C21H16ClF3N2O3. The molecule has 5 nitrogen and oxygen atoms in total. The second-order valence-corrected chi connectivity index (χ2v) is 6.76. The number of methoxy groups -OCH3 is 1. The summed E-state index contributed by atoms with van der Waals surface area (Å²) >= 11 is 6.10. The van der Waals surface area contributed by atoms with Crippen LogP contribution in [0.15, 0.2) is 59.8 Å². The van der Waals surface area contributed by atoms with Crippen molar-refractivity contribution in [3.05, 3.63) is 70.7 Å². The van der Waals surface area contributed by atoms with Gasteiger partial charge in [0.1, 0.15) is 11.5 Å². The van der Waals surface area contributed by atoms with Crippen molar-refractivity contribution in [3.63, 3.8) is 0 Å². The molecule has 0 aromatic heterocycles. The van der Waals surface area contributed by atoms with E-state index < -0.39 is 11.7 Å². The SMILES string of the molecule is COc1ccc(Cl)cc1-c1ccc(C(F)(F)F)cc1-c1ccc(O)c(/C(N)=N/O)c1. The topological polar surface area (TPSA) is 88.1 Å². The highest BCUT2D eigenvalue weighted by Gasteiger charge is 2.31. The molecule has 0 amide bonds. The van der Waals surface area contributed by atoms with Gasteiger partial charge in [0.25, 0.3) is 0 Å². The van der Waals surface area contributed by atoms with Gasteiger partial charge in [-0.2, -0.15) is 13.2 Å². The molecule has 30 heavy (non-hydrogen) atoms. The first kappa shape index (κ1) is 21.3. The van der Waals surface area contributed by atoms with E-state index in [9.17, 15) is 18.3 Å². The van der Waals surface area contributed by atoms with Crippen molar-refractivity contribution in [2.75, 3.05) is 7.11 Å². The van der Waals surface area contributed by atoms with E-state index in [4.69, 9.17) is 27.3 Å². The Hall–Kier alpha value is -3.39. The summed E-state index contributed by atoms with van der Waals surface area (Å²) in [6.45, 7) is 0. The largest absolute Gasteiger partial charge is 0.507 e. The van der Waals surface area contributed by atoms with Crippen molar-refractivity contribution >= 4 is 17.4 Å².